The second-order valence-electron chi connectivity index (χ2n) is 10.9. The van der Waals surface area contributed by atoms with Crippen LogP contribution in [0.5, 0.6) is 0 Å². The molecule has 0 aliphatic carbocycles. The largest absolute Gasteiger partial charge is 0.207 e. The van der Waals surface area contributed by atoms with Gasteiger partial charge in [-0.25, -0.2) is 87.8 Å². The second-order valence-corrected chi connectivity index (χ2v) is 13.0. The molecule has 0 amide bonds. The first-order valence-electron chi connectivity index (χ1n) is 13.9. The molecule has 5 aromatic carbocycles. The standard InChI is InChI=1S/C24BF20.C8H11S/c26-5-1(6(27)14(35)21(42)13(5)34)25(2-7(28)15(36)22(43)16(37)8(2)29,3-9(30)17(38)23(44)18(39)10(3)31)4-11(32)19(40)24(45)20(41)12(4)33;1-9(2)8-6-4-3-5-7-8/h;3-7H,1-2H3/q-1;+1. The van der Waals surface area contributed by atoms with Gasteiger partial charge in [-0.1, -0.05) is 18.2 Å². The lowest BCUT2D eigenvalue weighted by molar-refractivity contribution is 0.378. The number of hydrogen-bond donors (Lipinski definition) is 0. The Balaban J connectivity index is 0.000000631. The van der Waals surface area contributed by atoms with Gasteiger partial charge in [0.05, 0.1) is 0 Å². The monoisotopic (exact) mass is 818 g/mol. The zero-order valence-corrected chi connectivity index (χ0v) is 26.7. The molecule has 0 saturated carbocycles. The summed E-state index contributed by atoms with van der Waals surface area (Å²) in [7, 11) is 0.421. The maximum Gasteiger partial charge on any atom is 0.200 e. The van der Waals surface area contributed by atoms with Crippen LogP contribution in [0.25, 0.3) is 0 Å². The van der Waals surface area contributed by atoms with E-state index < -0.39 is 144 Å². The molecule has 0 N–H and O–H groups in total. The van der Waals surface area contributed by atoms with Gasteiger partial charge < -0.3 is 0 Å². The highest BCUT2D eigenvalue weighted by molar-refractivity contribution is 7.95. The quantitative estimate of drug-likeness (QED) is 0.0560. The minimum absolute atomic E-state index is 0.421. The molecule has 5 rings (SSSR count). The normalized spacial score (nSPS) is 11.7. The number of halogens is 20. The summed E-state index contributed by atoms with van der Waals surface area (Å²) in [6.45, 7) is 0. The average molecular weight is 818 g/mol. The highest BCUT2D eigenvalue weighted by atomic mass is 32.2. The summed E-state index contributed by atoms with van der Waals surface area (Å²) < 4.78 is 294. The van der Waals surface area contributed by atoms with Crippen LogP contribution in [-0.4, -0.2) is 18.7 Å². The van der Waals surface area contributed by atoms with Gasteiger partial charge in [-0.05, 0) is 12.1 Å². The number of benzene rings is 5. The van der Waals surface area contributed by atoms with Crippen LogP contribution in [0.2, 0.25) is 0 Å². The Kier molecular flexibility index (Phi) is 11.7. The third-order valence-corrected chi connectivity index (χ3v) is 9.14. The van der Waals surface area contributed by atoms with Crippen molar-refractivity contribution in [2.24, 2.45) is 0 Å². The molecule has 0 aliphatic rings. The number of hydrogen-bond acceptors (Lipinski definition) is 0. The van der Waals surface area contributed by atoms with Crippen LogP contribution < -0.4 is 21.9 Å². The van der Waals surface area contributed by atoms with E-state index in [4.69, 9.17) is 0 Å². The van der Waals surface area contributed by atoms with E-state index in [2.05, 4.69) is 42.8 Å². The Morgan fingerprint density at radius 2 is 0.444 bits per heavy atom. The lowest BCUT2D eigenvalue weighted by Crippen LogP contribution is -2.81. The summed E-state index contributed by atoms with van der Waals surface area (Å²) in [5.74, 6) is -71.4. The van der Waals surface area contributed by atoms with E-state index in [9.17, 15) is 52.7 Å². The first kappa shape index (κ1) is 41.9. The molecule has 54 heavy (non-hydrogen) atoms. The fourth-order valence-electron chi connectivity index (χ4n) is 5.57. The first-order valence-corrected chi connectivity index (χ1v) is 15.9. The van der Waals surface area contributed by atoms with Crippen molar-refractivity contribution >= 4 is 38.9 Å². The van der Waals surface area contributed by atoms with Crippen LogP contribution in [0.15, 0.2) is 35.2 Å². The molecule has 0 nitrogen and oxygen atoms in total. The molecule has 0 spiro atoms. The van der Waals surface area contributed by atoms with Crippen molar-refractivity contribution in [1.29, 1.82) is 0 Å². The van der Waals surface area contributed by atoms with E-state index in [-0.39, 0.29) is 0 Å². The SMILES string of the molecule is C[S+](C)c1ccccc1.Fc1c(F)c(F)c([B-](c2c(F)c(F)c(F)c(F)c2F)(c2c(F)c(F)c(F)c(F)c2F)c2c(F)c(F)c(F)c(F)c2F)c(F)c1F. The second kappa shape index (κ2) is 15.1. The number of rotatable bonds is 5. The fraction of sp³-hybridized carbons (Fsp3) is 0.0625. The van der Waals surface area contributed by atoms with Gasteiger partial charge in [0.25, 0.3) is 0 Å². The van der Waals surface area contributed by atoms with Crippen molar-refractivity contribution in [2.45, 2.75) is 4.90 Å². The third kappa shape index (κ3) is 6.20. The molecule has 0 atom stereocenters. The molecule has 0 saturated heterocycles. The summed E-state index contributed by atoms with van der Waals surface area (Å²) in [6.07, 6.45) is -2.75. The summed E-state index contributed by atoms with van der Waals surface area (Å²) >= 11 is 0. The zero-order valence-electron chi connectivity index (χ0n) is 25.9. The Morgan fingerprint density at radius 3 is 0.593 bits per heavy atom. The van der Waals surface area contributed by atoms with Gasteiger partial charge >= 0.3 is 0 Å². The predicted molar refractivity (Wildman–Crippen MR) is 153 cm³/mol. The van der Waals surface area contributed by atoms with Crippen molar-refractivity contribution in [3.8, 4) is 0 Å². The van der Waals surface area contributed by atoms with E-state index in [1.807, 2.05) is 0 Å². The van der Waals surface area contributed by atoms with Crippen molar-refractivity contribution in [2.75, 3.05) is 12.5 Å². The van der Waals surface area contributed by atoms with E-state index in [0.29, 0.717) is 10.9 Å². The van der Waals surface area contributed by atoms with E-state index >= 15 is 35.1 Å². The highest BCUT2D eigenvalue weighted by Crippen LogP contribution is 2.30. The molecule has 5 aromatic rings. The van der Waals surface area contributed by atoms with Gasteiger partial charge in [-0.15, -0.1) is 21.9 Å². The molecule has 0 fully saturated rings. The molecule has 0 unspecified atom stereocenters. The average Bonchev–Trinajstić information content (AvgIpc) is 3.15. The van der Waals surface area contributed by atoms with Gasteiger partial charge in [0.2, 0.25) is 0 Å². The van der Waals surface area contributed by atoms with Crippen LogP contribution in [0, 0.1) is 116 Å². The van der Waals surface area contributed by atoms with Crippen LogP contribution >= 0.6 is 0 Å². The lowest BCUT2D eigenvalue weighted by Gasteiger charge is -2.44. The maximum atomic E-state index is 15.4. The summed E-state index contributed by atoms with van der Waals surface area (Å²) in [5.41, 5.74) is -14.3. The van der Waals surface area contributed by atoms with Crippen LogP contribution in [0.1, 0.15) is 0 Å². The van der Waals surface area contributed by atoms with Gasteiger partial charge in [0.1, 0.15) is 65.2 Å². The topological polar surface area (TPSA) is 0 Å². The molecule has 288 valence electrons. The van der Waals surface area contributed by atoms with E-state index in [1.165, 1.54) is 4.90 Å². The first-order chi connectivity index (χ1) is 25.0. The Hall–Kier alpha value is -4.89. The minimum Gasteiger partial charge on any atom is -0.207 e. The minimum atomic E-state index is -7.22. The lowest BCUT2D eigenvalue weighted by atomic mass is 9.12. The van der Waals surface area contributed by atoms with E-state index in [0.717, 1.165) is 0 Å². The van der Waals surface area contributed by atoms with Crippen molar-refractivity contribution in [1.82, 2.24) is 0 Å². The summed E-state index contributed by atoms with van der Waals surface area (Å²) in [5, 5.41) is 0. The van der Waals surface area contributed by atoms with Gasteiger partial charge in [0, 0.05) is 10.9 Å². The molecule has 0 radical (unpaired) electrons. The maximum absolute atomic E-state index is 15.4. The van der Waals surface area contributed by atoms with Crippen LogP contribution in [-0.2, 0) is 10.9 Å². The van der Waals surface area contributed by atoms with Crippen LogP contribution in [0.4, 0.5) is 87.8 Å². The van der Waals surface area contributed by atoms with Crippen molar-refractivity contribution in [3.63, 3.8) is 0 Å². The zero-order chi connectivity index (χ0) is 41.0. The Bertz CT molecular complexity index is 1930. The molecule has 0 bridgehead atoms. The van der Waals surface area contributed by atoms with Crippen LogP contribution in [0.3, 0.4) is 0 Å². The third-order valence-electron chi connectivity index (χ3n) is 7.92. The highest BCUT2D eigenvalue weighted by Gasteiger charge is 2.52. The Morgan fingerprint density at radius 1 is 0.278 bits per heavy atom. The fourth-order valence-corrected chi connectivity index (χ4v) is 6.27. The summed E-state index contributed by atoms with van der Waals surface area (Å²) in [6, 6.07) is 10.6. The van der Waals surface area contributed by atoms with E-state index in [1.54, 1.807) is 0 Å². The molecule has 0 aromatic heterocycles. The smallest absolute Gasteiger partial charge is 0.200 e. The summed E-state index contributed by atoms with van der Waals surface area (Å²) in [4.78, 5) is 1.44. The molecule has 22 heteroatoms. The molecule has 0 aliphatic heterocycles. The molecular weight excluding hydrogens is 807 g/mol. The predicted octanol–water partition coefficient (Wildman–Crippen LogP) is 7.77. The molecule has 0 heterocycles. The van der Waals surface area contributed by atoms with Crippen molar-refractivity contribution in [3.05, 3.63) is 147 Å². The Labute approximate surface area is 290 Å². The van der Waals surface area contributed by atoms with Gasteiger partial charge in [-0.3, -0.25) is 0 Å². The van der Waals surface area contributed by atoms with Gasteiger partial charge in [-0.2, -0.15) is 0 Å². The van der Waals surface area contributed by atoms with Gasteiger partial charge in [0.15, 0.2) is 74.7 Å². The molecular formula is C32H11BF20S. The van der Waals surface area contributed by atoms with Crippen molar-refractivity contribution < 1.29 is 87.8 Å².